The van der Waals surface area contributed by atoms with E-state index in [0.717, 1.165) is 34.6 Å². The van der Waals surface area contributed by atoms with Gasteiger partial charge in [-0.1, -0.05) is 44.7 Å². The summed E-state index contributed by atoms with van der Waals surface area (Å²) in [5, 5.41) is 0.864. The summed E-state index contributed by atoms with van der Waals surface area (Å²) in [4.78, 5) is 34.4. The second-order valence-electron chi connectivity index (χ2n) is 7.50. The third-order valence-corrected chi connectivity index (χ3v) is 6.60. The minimum Gasteiger partial charge on any atom is -0.408 e. The third kappa shape index (κ3) is 3.52. The fourth-order valence-electron chi connectivity index (χ4n) is 4.16. The van der Waals surface area contributed by atoms with Crippen molar-refractivity contribution in [2.75, 3.05) is 0 Å². The van der Waals surface area contributed by atoms with E-state index in [0.29, 0.717) is 33.6 Å². The second-order valence-corrected chi connectivity index (χ2v) is 9.33. The molecular formula is C22H16Br2N2O4. The van der Waals surface area contributed by atoms with Crippen molar-refractivity contribution in [3.63, 3.8) is 0 Å². The molecule has 0 N–H and O–H groups in total. The highest BCUT2D eigenvalue weighted by Gasteiger charge is 2.34. The highest BCUT2D eigenvalue weighted by Crippen LogP contribution is 2.42. The summed E-state index contributed by atoms with van der Waals surface area (Å²) in [6.07, 6.45) is 3.53. The van der Waals surface area contributed by atoms with Crippen LogP contribution in [-0.4, -0.2) is 9.97 Å². The van der Waals surface area contributed by atoms with Crippen LogP contribution in [0.2, 0.25) is 0 Å². The molecule has 1 saturated carbocycles. The van der Waals surface area contributed by atoms with Gasteiger partial charge in [0.05, 0.1) is 21.8 Å². The van der Waals surface area contributed by atoms with E-state index in [1.807, 2.05) is 12.1 Å². The average Bonchev–Trinajstić information content (AvgIpc) is 2.74. The Hall–Kier alpha value is -2.32. The van der Waals surface area contributed by atoms with E-state index in [-0.39, 0.29) is 11.8 Å². The van der Waals surface area contributed by atoms with Crippen LogP contribution in [-0.2, 0) is 0 Å². The molecule has 2 heterocycles. The molecule has 2 unspecified atom stereocenters. The maximum Gasteiger partial charge on any atom is 0.346 e. The normalized spacial score (nSPS) is 19.4. The predicted octanol–water partition coefficient (Wildman–Crippen LogP) is 5.66. The van der Waals surface area contributed by atoms with Crippen molar-refractivity contribution in [3.8, 4) is 0 Å². The molecule has 0 radical (unpaired) electrons. The van der Waals surface area contributed by atoms with Crippen LogP contribution in [0.4, 0.5) is 0 Å². The molecule has 30 heavy (non-hydrogen) atoms. The second kappa shape index (κ2) is 7.74. The maximum absolute atomic E-state index is 12.6. The van der Waals surface area contributed by atoms with Gasteiger partial charge in [-0.05, 0) is 49.2 Å². The van der Waals surface area contributed by atoms with Gasteiger partial charge in [0.2, 0.25) is 11.8 Å². The molecule has 4 aromatic rings. The Morgan fingerprint density at radius 2 is 1.17 bits per heavy atom. The van der Waals surface area contributed by atoms with Gasteiger partial charge >= 0.3 is 11.3 Å². The minimum absolute atomic E-state index is 0.178. The van der Waals surface area contributed by atoms with Gasteiger partial charge in [-0.15, -0.1) is 0 Å². The Bertz CT molecular complexity index is 1290. The van der Waals surface area contributed by atoms with E-state index < -0.39 is 11.3 Å². The van der Waals surface area contributed by atoms with Crippen molar-refractivity contribution in [2.45, 2.75) is 37.5 Å². The summed E-state index contributed by atoms with van der Waals surface area (Å²) in [7, 11) is 0. The predicted molar refractivity (Wildman–Crippen MR) is 120 cm³/mol. The lowest BCUT2D eigenvalue weighted by Crippen LogP contribution is -2.21. The molecule has 0 saturated heterocycles. The lowest BCUT2D eigenvalue weighted by Gasteiger charge is -2.28. The molecule has 0 aliphatic heterocycles. The monoisotopic (exact) mass is 530 g/mol. The van der Waals surface area contributed by atoms with E-state index >= 15 is 0 Å². The fraction of sp³-hybridized carbons (Fsp3) is 0.273. The molecule has 2 aromatic carbocycles. The van der Waals surface area contributed by atoms with Crippen LogP contribution in [0.25, 0.3) is 21.8 Å². The molecule has 152 valence electrons. The number of benzene rings is 2. The zero-order valence-electron chi connectivity index (χ0n) is 15.7. The zero-order chi connectivity index (χ0) is 20.8. The van der Waals surface area contributed by atoms with Crippen molar-refractivity contribution < 1.29 is 8.83 Å². The summed E-state index contributed by atoms with van der Waals surface area (Å²) < 4.78 is 12.8. The smallest absolute Gasteiger partial charge is 0.346 e. The first-order valence-corrected chi connectivity index (χ1v) is 11.3. The minimum atomic E-state index is -0.418. The molecule has 1 fully saturated rings. The number of nitrogens with zero attached hydrogens (tertiary/aromatic N) is 2. The standard InChI is InChI=1S/C22H16Br2N2O4/c23-11-5-7-17-15(9-11)21(27)29-19(25-17)13-3-1-2-4-14(13)20-26-18-8-6-12(24)10-16(18)22(28)30-20/h5-10,13-14H,1-4H2. The van der Waals surface area contributed by atoms with E-state index in [1.54, 1.807) is 24.3 Å². The Balaban J connectivity index is 1.62. The SMILES string of the molecule is O=c1oc(C2CCCCC2c2nc3ccc(Br)cc3c(=O)o2)nc2ccc(Br)cc12. The molecule has 1 aliphatic rings. The molecule has 8 heteroatoms. The first-order valence-electron chi connectivity index (χ1n) is 9.70. The van der Waals surface area contributed by atoms with Crippen molar-refractivity contribution in [1.29, 1.82) is 0 Å². The van der Waals surface area contributed by atoms with E-state index in [1.165, 1.54) is 0 Å². The summed E-state index contributed by atoms with van der Waals surface area (Å²) in [6, 6.07) is 10.7. The lowest BCUT2D eigenvalue weighted by atomic mass is 9.79. The highest BCUT2D eigenvalue weighted by molar-refractivity contribution is 9.10. The summed E-state index contributed by atoms with van der Waals surface area (Å²) in [5.74, 6) is 0.394. The first-order chi connectivity index (χ1) is 14.5. The quantitative estimate of drug-likeness (QED) is 0.332. The number of hydrogen-bond acceptors (Lipinski definition) is 6. The van der Waals surface area contributed by atoms with Crippen molar-refractivity contribution in [3.05, 3.63) is 78.0 Å². The first kappa shape index (κ1) is 19.6. The number of aromatic nitrogens is 2. The van der Waals surface area contributed by atoms with Crippen molar-refractivity contribution in [2.24, 2.45) is 0 Å². The number of fused-ring (bicyclic) bond motifs is 2. The average molecular weight is 532 g/mol. The topological polar surface area (TPSA) is 86.2 Å². The van der Waals surface area contributed by atoms with E-state index in [4.69, 9.17) is 8.83 Å². The summed E-state index contributed by atoms with van der Waals surface area (Å²) in [5.41, 5.74) is 0.342. The van der Waals surface area contributed by atoms with Crippen molar-refractivity contribution >= 4 is 53.7 Å². The molecule has 2 atom stereocenters. The van der Waals surface area contributed by atoms with Crippen molar-refractivity contribution in [1.82, 2.24) is 9.97 Å². The molecule has 0 bridgehead atoms. The van der Waals surface area contributed by atoms with Crippen LogP contribution < -0.4 is 11.3 Å². The zero-order valence-corrected chi connectivity index (χ0v) is 18.9. The maximum atomic E-state index is 12.6. The molecule has 5 rings (SSSR count). The van der Waals surface area contributed by atoms with Crippen LogP contribution >= 0.6 is 31.9 Å². The van der Waals surface area contributed by atoms with Crippen LogP contribution in [0.5, 0.6) is 0 Å². The molecule has 6 nitrogen and oxygen atoms in total. The van der Waals surface area contributed by atoms with Crippen LogP contribution in [0.15, 0.2) is 63.8 Å². The third-order valence-electron chi connectivity index (χ3n) is 5.61. The van der Waals surface area contributed by atoms with Gasteiger partial charge in [-0.3, -0.25) is 0 Å². The van der Waals surface area contributed by atoms with Crippen LogP contribution in [0, 0.1) is 0 Å². The van der Waals surface area contributed by atoms with Crippen LogP contribution in [0.1, 0.15) is 49.3 Å². The molecule has 0 amide bonds. The van der Waals surface area contributed by atoms with Gasteiger partial charge in [0.15, 0.2) is 0 Å². The van der Waals surface area contributed by atoms with Gasteiger partial charge in [0.25, 0.3) is 0 Å². The van der Waals surface area contributed by atoms with Gasteiger partial charge in [-0.2, -0.15) is 0 Å². The number of rotatable bonds is 2. The highest BCUT2D eigenvalue weighted by atomic mass is 79.9. The molecule has 0 spiro atoms. The Labute approximate surface area is 187 Å². The van der Waals surface area contributed by atoms with Gasteiger partial charge in [-0.25, -0.2) is 19.6 Å². The molecule has 2 aromatic heterocycles. The summed E-state index contributed by atoms with van der Waals surface area (Å²) in [6.45, 7) is 0. The Morgan fingerprint density at radius 1 is 0.733 bits per heavy atom. The lowest BCUT2D eigenvalue weighted by molar-refractivity contribution is 0.268. The fourth-order valence-corrected chi connectivity index (χ4v) is 4.88. The van der Waals surface area contributed by atoms with E-state index in [9.17, 15) is 9.59 Å². The number of hydrogen-bond donors (Lipinski definition) is 0. The van der Waals surface area contributed by atoms with Gasteiger partial charge in [0.1, 0.15) is 0 Å². The summed E-state index contributed by atoms with van der Waals surface area (Å²) >= 11 is 6.74. The van der Waals surface area contributed by atoms with Crippen LogP contribution in [0.3, 0.4) is 0 Å². The molecular weight excluding hydrogens is 516 g/mol. The Morgan fingerprint density at radius 3 is 1.60 bits per heavy atom. The van der Waals surface area contributed by atoms with E-state index in [2.05, 4.69) is 41.8 Å². The van der Waals surface area contributed by atoms with Gasteiger partial charge < -0.3 is 8.83 Å². The largest absolute Gasteiger partial charge is 0.408 e. The Kier molecular flexibility index (Phi) is 5.06. The van der Waals surface area contributed by atoms with Gasteiger partial charge in [0, 0.05) is 20.8 Å². The molecule has 1 aliphatic carbocycles. The number of halogens is 2.